The van der Waals surface area contributed by atoms with Crippen LogP contribution in [0.5, 0.6) is 0 Å². The van der Waals surface area contributed by atoms with Gasteiger partial charge in [0.1, 0.15) is 0 Å². The monoisotopic (exact) mass is 361 g/mol. The summed E-state index contributed by atoms with van der Waals surface area (Å²) >= 11 is 1.65. The third-order valence-corrected chi connectivity index (χ3v) is 3.34. The first kappa shape index (κ1) is 16.3. The number of benzene rings is 1. The minimum atomic E-state index is 0. The molecule has 0 amide bonds. The van der Waals surface area contributed by atoms with Crippen LogP contribution in [0.3, 0.4) is 0 Å². The van der Waals surface area contributed by atoms with E-state index in [0.29, 0.717) is 5.56 Å². The smallest absolute Gasteiger partial charge is 0.312 e. The Kier molecular flexibility index (Phi) is 7.23. The highest BCUT2D eigenvalue weighted by molar-refractivity contribution is 8.13. The van der Waals surface area contributed by atoms with E-state index in [-0.39, 0.29) is 24.0 Å². The van der Waals surface area contributed by atoms with Crippen LogP contribution in [0.2, 0.25) is 0 Å². The molecule has 0 fully saturated rings. The van der Waals surface area contributed by atoms with Crippen LogP contribution in [-0.2, 0) is 0 Å². The Balaban J connectivity index is 0.00000256. The summed E-state index contributed by atoms with van der Waals surface area (Å²) < 4.78 is 2.06. The van der Waals surface area contributed by atoms with Gasteiger partial charge in [-0.25, -0.2) is 0 Å². The summed E-state index contributed by atoms with van der Waals surface area (Å²) in [5.41, 5.74) is 0.696. The number of nitrogens with zero attached hydrogens (tertiary/aromatic N) is 3. The maximum Gasteiger partial charge on any atom is 0.312 e. The zero-order chi connectivity index (χ0) is 12.1. The van der Waals surface area contributed by atoms with Gasteiger partial charge in [-0.3, -0.25) is 9.48 Å². The summed E-state index contributed by atoms with van der Waals surface area (Å²) in [5, 5.41) is 9.96. The molecule has 0 unspecified atom stereocenters. The predicted octanol–water partition coefficient (Wildman–Crippen LogP) is -1.16. The standard InChI is InChI=1S/C12H16N3S.HI/c1-14(2)12(15(3)4)16-11-7-5-6-10(8-11)9-13;/h5-8H,1-4H3;1H/q+1;/p-1. The SMILES string of the molecule is CN(C)C(Sc1cccc(C#N)c1)=[N+](C)C.[I-]. The second kappa shape index (κ2) is 7.56. The first-order chi connectivity index (χ1) is 7.54. The van der Waals surface area contributed by atoms with Crippen molar-refractivity contribution in [1.82, 2.24) is 4.90 Å². The van der Waals surface area contributed by atoms with E-state index < -0.39 is 0 Å². The van der Waals surface area contributed by atoms with Crippen molar-refractivity contribution in [1.29, 1.82) is 5.26 Å². The van der Waals surface area contributed by atoms with Crippen molar-refractivity contribution in [2.24, 2.45) is 0 Å². The molecule has 0 aliphatic carbocycles. The molecule has 1 rings (SSSR count). The van der Waals surface area contributed by atoms with Crippen LogP contribution < -0.4 is 24.0 Å². The minimum absolute atomic E-state index is 0. The summed E-state index contributed by atoms with van der Waals surface area (Å²) in [5.74, 6) is 0. The largest absolute Gasteiger partial charge is 1.00 e. The number of thioether (sulfide) groups is 1. The molecule has 0 radical (unpaired) electrons. The average Bonchev–Trinajstić information content (AvgIpc) is 2.25. The topological polar surface area (TPSA) is 30.0 Å². The molecule has 92 valence electrons. The Bertz CT molecular complexity index is 445. The molecular weight excluding hydrogens is 345 g/mol. The maximum atomic E-state index is 8.83. The lowest BCUT2D eigenvalue weighted by atomic mass is 10.2. The molecular formula is C12H16IN3S. The summed E-state index contributed by atoms with van der Waals surface area (Å²) in [7, 11) is 8.04. The highest BCUT2D eigenvalue weighted by Crippen LogP contribution is 2.21. The zero-order valence-corrected chi connectivity index (χ0v) is 13.4. The second-order valence-electron chi connectivity index (χ2n) is 3.81. The highest BCUT2D eigenvalue weighted by Gasteiger charge is 2.13. The molecule has 5 heteroatoms. The maximum absolute atomic E-state index is 8.83. The number of hydrogen-bond donors (Lipinski definition) is 0. The van der Waals surface area contributed by atoms with Crippen molar-refractivity contribution in [3.63, 3.8) is 0 Å². The summed E-state index contributed by atoms with van der Waals surface area (Å²) in [6.07, 6.45) is 0. The Hall–Kier alpha value is -0.740. The van der Waals surface area contributed by atoms with Gasteiger partial charge in [-0.05, 0) is 30.0 Å². The Labute approximate surface area is 124 Å². The van der Waals surface area contributed by atoms with Gasteiger partial charge < -0.3 is 24.0 Å². The van der Waals surface area contributed by atoms with Crippen molar-refractivity contribution in [3.05, 3.63) is 29.8 Å². The van der Waals surface area contributed by atoms with Gasteiger partial charge in [-0.2, -0.15) is 5.26 Å². The Morgan fingerprint density at radius 1 is 1.35 bits per heavy atom. The molecule has 0 heterocycles. The van der Waals surface area contributed by atoms with Gasteiger partial charge in [0.2, 0.25) is 0 Å². The quantitative estimate of drug-likeness (QED) is 0.208. The van der Waals surface area contributed by atoms with Crippen LogP contribution in [0.25, 0.3) is 0 Å². The van der Waals surface area contributed by atoms with Gasteiger partial charge in [-0.15, -0.1) is 0 Å². The fourth-order valence-corrected chi connectivity index (χ4v) is 2.23. The highest BCUT2D eigenvalue weighted by atomic mass is 127. The molecule has 0 atom stereocenters. The van der Waals surface area contributed by atoms with Crippen molar-refractivity contribution in [3.8, 4) is 6.07 Å². The van der Waals surface area contributed by atoms with E-state index >= 15 is 0 Å². The Morgan fingerprint density at radius 2 is 2.00 bits per heavy atom. The summed E-state index contributed by atoms with van der Waals surface area (Å²) in [4.78, 5) is 3.14. The molecule has 1 aromatic carbocycles. The fourth-order valence-electron chi connectivity index (χ4n) is 1.32. The molecule has 0 spiro atoms. The predicted molar refractivity (Wildman–Crippen MR) is 67.8 cm³/mol. The number of halogens is 1. The van der Waals surface area contributed by atoms with Crippen molar-refractivity contribution < 1.29 is 28.6 Å². The van der Waals surface area contributed by atoms with Crippen LogP contribution in [0, 0.1) is 11.3 Å². The number of nitriles is 1. The number of amidine groups is 1. The molecule has 0 aliphatic rings. The van der Waals surface area contributed by atoms with Crippen LogP contribution in [-0.4, -0.2) is 42.8 Å². The number of rotatable bonds is 1. The molecule has 0 bridgehead atoms. The van der Waals surface area contributed by atoms with E-state index in [1.54, 1.807) is 11.8 Å². The van der Waals surface area contributed by atoms with E-state index in [1.807, 2.05) is 52.5 Å². The third kappa shape index (κ3) is 4.96. The first-order valence-electron chi connectivity index (χ1n) is 4.94. The van der Waals surface area contributed by atoms with Gasteiger partial charge in [-0.1, -0.05) is 6.07 Å². The van der Waals surface area contributed by atoms with Gasteiger partial charge in [0.25, 0.3) is 0 Å². The number of hydrogen-bond acceptors (Lipinski definition) is 2. The Morgan fingerprint density at radius 3 is 2.47 bits per heavy atom. The van der Waals surface area contributed by atoms with Crippen molar-refractivity contribution in [2.75, 3.05) is 28.2 Å². The lowest BCUT2D eigenvalue weighted by molar-refractivity contribution is -0.466. The zero-order valence-electron chi connectivity index (χ0n) is 10.4. The van der Waals surface area contributed by atoms with Crippen LogP contribution in [0.4, 0.5) is 0 Å². The van der Waals surface area contributed by atoms with Gasteiger partial charge in [0.15, 0.2) is 0 Å². The third-order valence-electron chi connectivity index (χ3n) is 1.94. The van der Waals surface area contributed by atoms with Gasteiger partial charge >= 0.3 is 5.17 Å². The first-order valence-corrected chi connectivity index (χ1v) is 5.76. The van der Waals surface area contributed by atoms with E-state index in [0.717, 1.165) is 10.1 Å². The lowest BCUT2D eigenvalue weighted by Crippen LogP contribution is -3.00. The molecule has 0 saturated carbocycles. The van der Waals surface area contributed by atoms with Crippen molar-refractivity contribution >= 4 is 16.9 Å². The van der Waals surface area contributed by atoms with Crippen LogP contribution in [0.15, 0.2) is 29.2 Å². The molecule has 0 aliphatic heterocycles. The van der Waals surface area contributed by atoms with E-state index in [9.17, 15) is 0 Å². The lowest BCUT2D eigenvalue weighted by Gasteiger charge is -2.10. The molecule has 1 aromatic rings. The normalized spacial score (nSPS) is 8.88. The van der Waals surface area contributed by atoms with E-state index in [2.05, 4.69) is 15.5 Å². The van der Waals surface area contributed by atoms with Crippen LogP contribution in [0.1, 0.15) is 5.56 Å². The molecule has 17 heavy (non-hydrogen) atoms. The van der Waals surface area contributed by atoms with Crippen LogP contribution >= 0.6 is 11.8 Å². The van der Waals surface area contributed by atoms with E-state index in [1.165, 1.54) is 0 Å². The molecule has 0 saturated heterocycles. The molecule has 0 aromatic heterocycles. The molecule has 3 nitrogen and oxygen atoms in total. The second-order valence-corrected chi connectivity index (χ2v) is 4.85. The van der Waals surface area contributed by atoms with Gasteiger partial charge in [0.05, 0.1) is 39.8 Å². The fraction of sp³-hybridized carbons (Fsp3) is 0.333. The average molecular weight is 361 g/mol. The summed E-state index contributed by atoms with van der Waals surface area (Å²) in [6.45, 7) is 0. The molecule has 0 N–H and O–H groups in total. The van der Waals surface area contributed by atoms with Gasteiger partial charge in [0, 0.05) is 4.90 Å². The minimum Gasteiger partial charge on any atom is -1.00 e. The van der Waals surface area contributed by atoms with E-state index in [4.69, 9.17) is 5.26 Å². The summed E-state index contributed by atoms with van der Waals surface area (Å²) in [6, 6.07) is 9.78. The van der Waals surface area contributed by atoms with Crippen molar-refractivity contribution in [2.45, 2.75) is 4.90 Å².